The summed E-state index contributed by atoms with van der Waals surface area (Å²) in [5.74, 6) is 0.127. The summed E-state index contributed by atoms with van der Waals surface area (Å²) < 4.78 is 5.26. The van der Waals surface area contributed by atoms with Gasteiger partial charge in [-0.05, 0) is 49.4 Å². The average Bonchev–Trinajstić information content (AvgIpc) is 2.83. The van der Waals surface area contributed by atoms with Crippen molar-refractivity contribution in [3.8, 4) is 5.75 Å². The molecule has 182 valence electrons. The number of nitrogens with zero attached hydrogens (tertiary/aromatic N) is 1. The predicted octanol–water partition coefficient (Wildman–Crippen LogP) is 2.27. The van der Waals surface area contributed by atoms with Crippen molar-refractivity contribution >= 4 is 23.4 Å². The van der Waals surface area contributed by atoms with Crippen LogP contribution in [0.1, 0.15) is 30.4 Å². The molecule has 2 aromatic rings. The minimum Gasteiger partial charge on any atom is -0.495 e. The van der Waals surface area contributed by atoms with Gasteiger partial charge in [0.15, 0.2) is 0 Å². The van der Waals surface area contributed by atoms with E-state index < -0.39 is 0 Å². The molecule has 8 nitrogen and oxygen atoms in total. The standard InChI is InChI=1S/C26H34N4O4/c1-19-8-10-23(34-2)22(16-19)29-25(32)17-27-26(33)18-30-14-12-21(13-15-30)28-24(31)11-9-20-6-4-3-5-7-20/h3-8,10,16,21H,9,11-15,17-18H2,1-2H3,(H,27,33)(H,28,31)(H,29,32). The van der Waals surface area contributed by atoms with Gasteiger partial charge in [-0.3, -0.25) is 19.3 Å². The van der Waals surface area contributed by atoms with Crippen LogP contribution in [0.4, 0.5) is 5.69 Å². The molecule has 1 fully saturated rings. The number of hydrogen-bond donors (Lipinski definition) is 3. The third-order valence-corrected chi connectivity index (χ3v) is 5.88. The van der Waals surface area contributed by atoms with Crippen LogP contribution in [-0.4, -0.2) is 62.0 Å². The molecule has 0 aliphatic carbocycles. The molecule has 2 aromatic carbocycles. The summed E-state index contributed by atoms with van der Waals surface area (Å²) in [6.07, 6.45) is 2.81. The average molecular weight is 467 g/mol. The van der Waals surface area contributed by atoms with E-state index in [0.717, 1.165) is 43.5 Å². The van der Waals surface area contributed by atoms with Gasteiger partial charge in [-0.2, -0.15) is 0 Å². The van der Waals surface area contributed by atoms with Crippen LogP contribution in [0.5, 0.6) is 5.75 Å². The monoisotopic (exact) mass is 466 g/mol. The fraction of sp³-hybridized carbons (Fsp3) is 0.423. The fourth-order valence-electron chi connectivity index (χ4n) is 3.99. The lowest BCUT2D eigenvalue weighted by Gasteiger charge is -2.31. The van der Waals surface area contributed by atoms with Crippen LogP contribution in [0, 0.1) is 6.92 Å². The molecule has 0 radical (unpaired) electrons. The number of nitrogens with one attached hydrogen (secondary N) is 3. The number of piperidine rings is 1. The first-order chi connectivity index (χ1) is 16.4. The van der Waals surface area contributed by atoms with Crippen LogP contribution in [-0.2, 0) is 20.8 Å². The van der Waals surface area contributed by atoms with E-state index in [1.165, 1.54) is 0 Å². The van der Waals surface area contributed by atoms with Gasteiger partial charge in [-0.25, -0.2) is 0 Å². The Morgan fingerprint density at radius 2 is 1.74 bits per heavy atom. The third kappa shape index (κ3) is 8.19. The number of benzene rings is 2. The summed E-state index contributed by atoms with van der Waals surface area (Å²) in [6.45, 7) is 3.50. The van der Waals surface area contributed by atoms with Gasteiger partial charge in [0.2, 0.25) is 17.7 Å². The number of rotatable bonds is 10. The molecule has 1 aliphatic rings. The summed E-state index contributed by atoms with van der Waals surface area (Å²) >= 11 is 0. The second-order valence-electron chi connectivity index (χ2n) is 8.63. The van der Waals surface area contributed by atoms with E-state index in [9.17, 15) is 14.4 Å². The van der Waals surface area contributed by atoms with E-state index in [-0.39, 0.29) is 36.9 Å². The number of amides is 3. The van der Waals surface area contributed by atoms with E-state index in [1.807, 2.05) is 54.3 Å². The Balaban J connectivity index is 1.32. The van der Waals surface area contributed by atoms with Crippen molar-refractivity contribution in [1.29, 1.82) is 0 Å². The van der Waals surface area contributed by atoms with Gasteiger partial charge in [-0.15, -0.1) is 0 Å². The van der Waals surface area contributed by atoms with Gasteiger partial charge in [0.05, 0.1) is 25.9 Å². The molecule has 0 bridgehead atoms. The molecule has 8 heteroatoms. The summed E-state index contributed by atoms with van der Waals surface area (Å²) in [5, 5.41) is 8.56. The molecule has 0 aromatic heterocycles. The van der Waals surface area contributed by atoms with Crippen molar-refractivity contribution < 1.29 is 19.1 Å². The number of carbonyl (C=O) groups excluding carboxylic acids is 3. The zero-order valence-electron chi connectivity index (χ0n) is 19.9. The van der Waals surface area contributed by atoms with Crippen molar-refractivity contribution in [2.75, 3.05) is 38.6 Å². The Morgan fingerprint density at radius 1 is 1.00 bits per heavy atom. The quantitative estimate of drug-likeness (QED) is 0.499. The van der Waals surface area contributed by atoms with Crippen molar-refractivity contribution in [3.63, 3.8) is 0 Å². The number of ether oxygens (including phenoxy) is 1. The second-order valence-corrected chi connectivity index (χ2v) is 8.63. The highest BCUT2D eigenvalue weighted by molar-refractivity contribution is 5.96. The van der Waals surface area contributed by atoms with Crippen LogP contribution in [0.3, 0.4) is 0 Å². The summed E-state index contributed by atoms with van der Waals surface area (Å²) in [6, 6.07) is 15.6. The lowest BCUT2D eigenvalue weighted by atomic mass is 10.0. The first-order valence-electron chi connectivity index (χ1n) is 11.7. The van der Waals surface area contributed by atoms with Crippen LogP contribution in [0.15, 0.2) is 48.5 Å². The summed E-state index contributed by atoms with van der Waals surface area (Å²) in [4.78, 5) is 38.8. The van der Waals surface area contributed by atoms with Crippen molar-refractivity contribution in [2.45, 2.75) is 38.6 Å². The van der Waals surface area contributed by atoms with Crippen molar-refractivity contribution in [3.05, 3.63) is 59.7 Å². The molecule has 0 unspecified atom stereocenters. The van der Waals surface area contributed by atoms with E-state index in [1.54, 1.807) is 13.2 Å². The maximum absolute atomic E-state index is 12.3. The number of hydrogen-bond acceptors (Lipinski definition) is 5. The SMILES string of the molecule is COc1ccc(C)cc1NC(=O)CNC(=O)CN1CCC(NC(=O)CCc2ccccc2)CC1. The predicted molar refractivity (Wildman–Crippen MR) is 132 cm³/mol. The van der Waals surface area contributed by atoms with Crippen LogP contribution >= 0.6 is 0 Å². The van der Waals surface area contributed by atoms with Crippen LogP contribution in [0.2, 0.25) is 0 Å². The number of anilines is 1. The number of carbonyl (C=O) groups is 3. The van der Waals surface area contributed by atoms with Gasteiger partial charge in [0.1, 0.15) is 5.75 Å². The van der Waals surface area contributed by atoms with E-state index in [4.69, 9.17) is 4.74 Å². The molecule has 3 amide bonds. The highest BCUT2D eigenvalue weighted by atomic mass is 16.5. The van der Waals surface area contributed by atoms with Gasteiger partial charge in [-0.1, -0.05) is 36.4 Å². The molecule has 3 rings (SSSR count). The highest BCUT2D eigenvalue weighted by Gasteiger charge is 2.22. The lowest BCUT2D eigenvalue weighted by molar-refractivity contribution is -0.125. The van der Waals surface area contributed by atoms with Crippen LogP contribution in [0.25, 0.3) is 0 Å². The Bertz CT molecular complexity index is 972. The second kappa shape index (κ2) is 12.7. The van der Waals surface area contributed by atoms with Crippen LogP contribution < -0.4 is 20.7 Å². The number of likely N-dealkylation sites (tertiary alicyclic amines) is 1. The minimum atomic E-state index is -0.311. The Kier molecular flexibility index (Phi) is 9.46. The molecule has 0 saturated carbocycles. The smallest absolute Gasteiger partial charge is 0.243 e. The minimum absolute atomic E-state index is 0.0660. The third-order valence-electron chi connectivity index (χ3n) is 5.88. The molecular formula is C26H34N4O4. The Labute approximate surface area is 201 Å². The molecule has 34 heavy (non-hydrogen) atoms. The molecule has 3 N–H and O–H groups in total. The zero-order valence-corrected chi connectivity index (χ0v) is 19.9. The molecule has 1 saturated heterocycles. The van der Waals surface area contributed by atoms with Gasteiger partial charge in [0, 0.05) is 25.6 Å². The number of aryl methyl sites for hydroxylation is 2. The highest BCUT2D eigenvalue weighted by Crippen LogP contribution is 2.24. The van der Waals surface area contributed by atoms with E-state index in [2.05, 4.69) is 16.0 Å². The van der Waals surface area contributed by atoms with E-state index >= 15 is 0 Å². The van der Waals surface area contributed by atoms with E-state index in [0.29, 0.717) is 17.9 Å². The maximum Gasteiger partial charge on any atom is 0.243 e. The molecule has 0 atom stereocenters. The topological polar surface area (TPSA) is 99.8 Å². The Morgan fingerprint density at radius 3 is 2.44 bits per heavy atom. The fourth-order valence-corrected chi connectivity index (χ4v) is 3.99. The first-order valence-corrected chi connectivity index (χ1v) is 11.7. The molecular weight excluding hydrogens is 432 g/mol. The van der Waals surface area contributed by atoms with Gasteiger partial charge in [0.25, 0.3) is 0 Å². The Hall–Kier alpha value is -3.39. The normalized spacial score (nSPS) is 14.3. The van der Waals surface area contributed by atoms with Crippen molar-refractivity contribution in [1.82, 2.24) is 15.5 Å². The maximum atomic E-state index is 12.3. The van der Waals surface area contributed by atoms with Gasteiger partial charge >= 0.3 is 0 Å². The molecule has 0 spiro atoms. The molecule has 1 aliphatic heterocycles. The first kappa shape index (κ1) is 25.2. The largest absolute Gasteiger partial charge is 0.495 e. The van der Waals surface area contributed by atoms with Gasteiger partial charge < -0.3 is 20.7 Å². The molecule has 1 heterocycles. The van der Waals surface area contributed by atoms with Crippen molar-refractivity contribution in [2.24, 2.45) is 0 Å². The summed E-state index contributed by atoms with van der Waals surface area (Å²) in [7, 11) is 1.54. The zero-order chi connectivity index (χ0) is 24.3. The summed E-state index contributed by atoms with van der Waals surface area (Å²) in [5.41, 5.74) is 2.73. The number of methoxy groups -OCH3 is 1. The lowest BCUT2D eigenvalue weighted by Crippen LogP contribution is -2.48.